The molecule has 4 aromatic carbocycles. The molecule has 0 heterocycles. The van der Waals surface area contributed by atoms with Crippen LogP contribution in [0.4, 0.5) is 5.69 Å². The van der Waals surface area contributed by atoms with Gasteiger partial charge in [0.05, 0.1) is 0 Å². The number of rotatable bonds is 0. The summed E-state index contributed by atoms with van der Waals surface area (Å²) in [5.41, 5.74) is 19.3. The van der Waals surface area contributed by atoms with Crippen LogP contribution in [0.15, 0.2) is 91.0 Å². The fraction of sp³-hybridized carbons (Fsp3) is 0.143. The third-order valence-electron chi connectivity index (χ3n) is 7.48. The van der Waals surface area contributed by atoms with Gasteiger partial charge >= 0.3 is 0 Å². The van der Waals surface area contributed by atoms with E-state index >= 15 is 0 Å². The number of nitrogen functional groups attached to an aromatic ring is 1. The minimum absolute atomic E-state index is 0.252. The zero-order valence-electron chi connectivity index (χ0n) is 16.0. The van der Waals surface area contributed by atoms with Crippen molar-refractivity contribution in [1.29, 1.82) is 0 Å². The first kappa shape index (κ1) is 15.6. The second-order valence-electron chi connectivity index (χ2n) is 8.65. The smallest absolute Gasteiger partial charge is 0.0356 e. The van der Waals surface area contributed by atoms with Crippen LogP contribution in [0.1, 0.15) is 68.2 Å². The highest BCUT2D eigenvalue weighted by atomic mass is 14.6. The molecule has 1 heteroatoms. The van der Waals surface area contributed by atoms with Crippen LogP contribution < -0.4 is 5.73 Å². The molecule has 4 aromatic rings. The average molecular weight is 371 g/mol. The fourth-order valence-corrected chi connectivity index (χ4v) is 6.55. The van der Waals surface area contributed by atoms with Crippen molar-refractivity contribution in [3.05, 3.63) is 136 Å². The van der Waals surface area contributed by atoms with Crippen LogP contribution in [0.3, 0.4) is 0 Å². The third kappa shape index (κ3) is 1.81. The van der Waals surface area contributed by atoms with Crippen molar-refractivity contribution >= 4 is 5.69 Å². The van der Waals surface area contributed by atoms with Gasteiger partial charge in [-0.1, -0.05) is 84.9 Å². The first-order valence-electron chi connectivity index (χ1n) is 10.5. The van der Waals surface area contributed by atoms with Crippen LogP contribution >= 0.6 is 0 Å². The minimum atomic E-state index is 0.252. The van der Waals surface area contributed by atoms with Gasteiger partial charge in [0, 0.05) is 29.4 Å². The second-order valence-corrected chi connectivity index (χ2v) is 8.65. The molecule has 0 fully saturated rings. The number of anilines is 1. The van der Waals surface area contributed by atoms with Crippen molar-refractivity contribution in [2.75, 3.05) is 5.73 Å². The monoisotopic (exact) mass is 371 g/mol. The van der Waals surface area contributed by atoms with Gasteiger partial charge < -0.3 is 5.73 Å². The molecule has 29 heavy (non-hydrogen) atoms. The van der Waals surface area contributed by atoms with Crippen molar-refractivity contribution in [3.8, 4) is 0 Å². The number of nitrogens with two attached hydrogens (primary N) is 1. The lowest BCUT2D eigenvalue weighted by Gasteiger charge is -2.50. The number of benzene rings is 4. The highest BCUT2D eigenvalue weighted by molar-refractivity contribution is 5.71. The first-order valence-corrected chi connectivity index (χ1v) is 10.5. The maximum atomic E-state index is 6.68. The summed E-state index contributed by atoms with van der Waals surface area (Å²) in [5, 5.41) is 0. The van der Waals surface area contributed by atoms with E-state index in [0.717, 1.165) is 5.69 Å². The van der Waals surface area contributed by atoms with Crippen LogP contribution in [0.5, 0.6) is 0 Å². The van der Waals surface area contributed by atoms with Gasteiger partial charge in [-0.15, -0.1) is 0 Å². The Balaban J connectivity index is 1.70. The van der Waals surface area contributed by atoms with E-state index in [1.54, 1.807) is 0 Å². The third-order valence-corrected chi connectivity index (χ3v) is 7.48. The molecule has 2 unspecified atom stereocenters. The van der Waals surface area contributed by atoms with E-state index in [1.165, 1.54) is 44.5 Å². The lowest BCUT2D eigenvalue weighted by Crippen LogP contribution is -2.36. The van der Waals surface area contributed by atoms with E-state index in [-0.39, 0.29) is 5.92 Å². The van der Waals surface area contributed by atoms with Crippen molar-refractivity contribution < 1.29 is 0 Å². The molecule has 0 amide bonds. The molecule has 2 N–H and O–H groups in total. The Morgan fingerprint density at radius 1 is 0.379 bits per heavy atom. The van der Waals surface area contributed by atoms with Gasteiger partial charge in [0.25, 0.3) is 0 Å². The van der Waals surface area contributed by atoms with Gasteiger partial charge in [-0.3, -0.25) is 0 Å². The van der Waals surface area contributed by atoms with Crippen LogP contribution in [-0.4, -0.2) is 0 Å². The molecule has 0 saturated heterocycles. The Kier molecular flexibility index (Phi) is 2.90. The Hall–Kier alpha value is -3.32. The lowest BCUT2D eigenvalue weighted by atomic mass is 9.53. The Labute approximate surface area is 170 Å². The summed E-state index contributed by atoms with van der Waals surface area (Å²) in [6.07, 6.45) is 0. The van der Waals surface area contributed by atoms with Gasteiger partial charge in [0.15, 0.2) is 0 Å². The van der Waals surface area contributed by atoms with E-state index in [0.29, 0.717) is 17.8 Å². The highest BCUT2D eigenvalue weighted by Gasteiger charge is 2.49. The Morgan fingerprint density at radius 3 is 1.21 bits per heavy atom. The molecule has 138 valence electrons. The lowest BCUT2D eigenvalue weighted by molar-refractivity contribution is 0.530. The summed E-state index contributed by atoms with van der Waals surface area (Å²) >= 11 is 0. The average Bonchev–Trinajstić information content (AvgIpc) is 2.75. The van der Waals surface area contributed by atoms with E-state index in [1.807, 2.05) is 0 Å². The van der Waals surface area contributed by atoms with Crippen LogP contribution in [-0.2, 0) is 0 Å². The molecule has 1 nitrogen and oxygen atoms in total. The van der Waals surface area contributed by atoms with Crippen LogP contribution in [0, 0.1) is 0 Å². The Morgan fingerprint density at radius 2 is 0.724 bits per heavy atom. The summed E-state index contributed by atoms with van der Waals surface area (Å²) in [5.74, 6) is 1.16. The summed E-state index contributed by atoms with van der Waals surface area (Å²) in [7, 11) is 0. The van der Waals surface area contributed by atoms with E-state index in [2.05, 4.69) is 91.0 Å². The van der Waals surface area contributed by atoms with Crippen molar-refractivity contribution in [3.63, 3.8) is 0 Å². The van der Waals surface area contributed by atoms with Crippen LogP contribution in [0.2, 0.25) is 0 Å². The van der Waals surface area contributed by atoms with Gasteiger partial charge in [-0.05, 0) is 50.6 Å². The van der Waals surface area contributed by atoms with Crippen molar-refractivity contribution in [2.24, 2.45) is 0 Å². The molecule has 0 aromatic heterocycles. The first-order chi connectivity index (χ1) is 14.3. The predicted octanol–water partition coefficient (Wildman–Crippen LogP) is 6.14. The molecule has 0 radical (unpaired) electrons. The van der Waals surface area contributed by atoms with E-state index in [9.17, 15) is 0 Å². The summed E-state index contributed by atoms with van der Waals surface area (Å²) in [6.45, 7) is 0. The molecule has 0 saturated carbocycles. The van der Waals surface area contributed by atoms with E-state index in [4.69, 9.17) is 5.73 Å². The SMILES string of the molecule is Nc1cccc2c1C1c3ccccc3C2C2c3ccccc3C1c1ccccc12. The molecular weight excluding hydrogens is 350 g/mol. The highest BCUT2D eigenvalue weighted by Crippen LogP contribution is 2.64. The quantitative estimate of drug-likeness (QED) is 0.369. The standard InChI is InChI=1S/C28H21N/c29-23-15-7-14-22-26-20-12-5-6-13-21(20)28(27(22)23)25-18-10-3-1-8-16(18)24(26)17-9-2-4-11-19(17)25/h1-15,24-26,28H,29H2. The zero-order valence-corrected chi connectivity index (χ0v) is 16.0. The normalized spacial score (nSPS) is 24.7. The molecule has 6 aliphatic carbocycles. The number of hydrogen-bond donors (Lipinski definition) is 1. The summed E-state index contributed by atoms with van der Waals surface area (Å²) in [4.78, 5) is 0. The topological polar surface area (TPSA) is 26.0 Å². The Bertz CT molecular complexity index is 1250. The molecule has 0 spiro atoms. The summed E-state index contributed by atoms with van der Waals surface area (Å²) in [6, 6.07) is 33.9. The molecule has 0 aliphatic heterocycles. The van der Waals surface area contributed by atoms with Gasteiger partial charge in [0.2, 0.25) is 0 Å². The molecule has 6 aliphatic rings. The second kappa shape index (κ2) is 5.39. The van der Waals surface area contributed by atoms with Crippen molar-refractivity contribution in [2.45, 2.75) is 23.7 Å². The molecule has 2 atom stereocenters. The zero-order chi connectivity index (χ0) is 19.1. The van der Waals surface area contributed by atoms with Crippen LogP contribution in [0.25, 0.3) is 0 Å². The van der Waals surface area contributed by atoms with Gasteiger partial charge in [-0.25, -0.2) is 0 Å². The predicted molar refractivity (Wildman–Crippen MR) is 118 cm³/mol. The maximum Gasteiger partial charge on any atom is 0.0356 e. The fourth-order valence-electron chi connectivity index (χ4n) is 6.55. The molecular formula is C28H21N. The largest absolute Gasteiger partial charge is 0.398 e. The van der Waals surface area contributed by atoms with Crippen molar-refractivity contribution in [1.82, 2.24) is 0 Å². The maximum absolute atomic E-state index is 6.68. The van der Waals surface area contributed by atoms with E-state index < -0.39 is 0 Å². The molecule has 4 bridgehead atoms. The summed E-state index contributed by atoms with van der Waals surface area (Å²) < 4.78 is 0. The number of hydrogen-bond acceptors (Lipinski definition) is 1. The van der Waals surface area contributed by atoms with Gasteiger partial charge in [-0.2, -0.15) is 0 Å². The van der Waals surface area contributed by atoms with Gasteiger partial charge in [0.1, 0.15) is 0 Å². The minimum Gasteiger partial charge on any atom is -0.398 e. The molecule has 10 rings (SSSR count).